The summed E-state index contributed by atoms with van der Waals surface area (Å²) in [5.74, 6) is -0.121. The first-order valence-corrected chi connectivity index (χ1v) is 5.35. The topological polar surface area (TPSA) is 61.4 Å². The van der Waals surface area contributed by atoms with E-state index in [-0.39, 0.29) is 11.7 Å². The molecule has 0 aromatic heterocycles. The fourth-order valence-electron chi connectivity index (χ4n) is 1.06. The number of carbonyl (C=O) groups is 1. The lowest BCUT2D eigenvalue weighted by Crippen LogP contribution is -2.30. The first-order valence-electron chi connectivity index (χ1n) is 4.56. The van der Waals surface area contributed by atoms with Crippen molar-refractivity contribution < 1.29 is 9.90 Å². The standard InChI is InChI=1S/C10H13BrN2O2/c1-12-4-5-13-10(15)7-2-3-8(11)9(14)6-7/h2-3,6,12,14H,4-5H2,1H3,(H,13,15). The van der Waals surface area contributed by atoms with Gasteiger partial charge in [0.05, 0.1) is 4.47 Å². The third-order valence-electron chi connectivity index (χ3n) is 1.87. The number of likely N-dealkylation sites (N-methyl/N-ethyl adjacent to an activating group) is 1. The Hall–Kier alpha value is -1.07. The summed E-state index contributed by atoms with van der Waals surface area (Å²) in [6.07, 6.45) is 0. The summed E-state index contributed by atoms with van der Waals surface area (Å²) in [4.78, 5) is 11.5. The summed E-state index contributed by atoms with van der Waals surface area (Å²) in [6, 6.07) is 4.72. The number of rotatable bonds is 4. The molecule has 0 unspecified atom stereocenters. The third kappa shape index (κ3) is 3.53. The summed E-state index contributed by atoms with van der Waals surface area (Å²) in [7, 11) is 1.82. The van der Waals surface area contributed by atoms with Gasteiger partial charge in [-0.2, -0.15) is 0 Å². The Bertz CT molecular complexity index is 355. The van der Waals surface area contributed by atoms with Crippen LogP contribution < -0.4 is 10.6 Å². The number of halogens is 1. The molecule has 0 aliphatic rings. The molecule has 0 spiro atoms. The number of phenolic OH excluding ortho intramolecular Hbond substituents is 1. The molecule has 0 aliphatic heterocycles. The molecule has 1 aromatic carbocycles. The van der Waals surface area contributed by atoms with Crippen molar-refractivity contribution in [3.8, 4) is 5.75 Å². The molecule has 5 heteroatoms. The van der Waals surface area contributed by atoms with Gasteiger partial charge in [0.25, 0.3) is 5.91 Å². The average Bonchev–Trinajstić information content (AvgIpc) is 2.22. The lowest BCUT2D eigenvalue weighted by molar-refractivity contribution is 0.0953. The summed E-state index contributed by atoms with van der Waals surface area (Å²) in [5.41, 5.74) is 0.451. The van der Waals surface area contributed by atoms with E-state index >= 15 is 0 Å². The van der Waals surface area contributed by atoms with E-state index in [1.54, 1.807) is 12.1 Å². The molecule has 0 saturated carbocycles. The zero-order valence-electron chi connectivity index (χ0n) is 8.38. The molecule has 0 atom stereocenters. The zero-order valence-corrected chi connectivity index (χ0v) is 9.97. The van der Waals surface area contributed by atoms with Crippen molar-refractivity contribution in [2.75, 3.05) is 20.1 Å². The quantitative estimate of drug-likeness (QED) is 0.720. The number of hydrogen-bond acceptors (Lipinski definition) is 3. The third-order valence-corrected chi connectivity index (χ3v) is 2.54. The monoisotopic (exact) mass is 272 g/mol. The van der Waals surface area contributed by atoms with Crippen molar-refractivity contribution in [3.63, 3.8) is 0 Å². The Morgan fingerprint density at radius 1 is 1.47 bits per heavy atom. The predicted molar refractivity (Wildman–Crippen MR) is 62.1 cm³/mol. The van der Waals surface area contributed by atoms with Crippen LogP contribution in [0.2, 0.25) is 0 Å². The maximum absolute atomic E-state index is 11.5. The summed E-state index contributed by atoms with van der Waals surface area (Å²) < 4.78 is 0.578. The number of amides is 1. The number of hydrogen-bond donors (Lipinski definition) is 3. The van der Waals surface area contributed by atoms with Crippen molar-refractivity contribution >= 4 is 21.8 Å². The molecule has 1 amide bonds. The highest BCUT2D eigenvalue weighted by Gasteiger charge is 2.06. The molecule has 3 N–H and O–H groups in total. The minimum absolute atomic E-state index is 0.0660. The maximum Gasteiger partial charge on any atom is 0.251 e. The van der Waals surface area contributed by atoms with E-state index in [0.717, 1.165) is 0 Å². The van der Waals surface area contributed by atoms with Gasteiger partial charge in [-0.25, -0.2) is 0 Å². The van der Waals surface area contributed by atoms with E-state index in [1.165, 1.54) is 6.07 Å². The van der Waals surface area contributed by atoms with E-state index in [2.05, 4.69) is 26.6 Å². The van der Waals surface area contributed by atoms with Crippen LogP contribution in [0.4, 0.5) is 0 Å². The van der Waals surface area contributed by atoms with Gasteiger partial charge in [-0.05, 0) is 41.2 Å². The molecule has 0 saturated heterocycles. The number of benzene rings is 1. The van der Waals surface area contributed by atoms with Gasteiger partial charge in [-0.15, -0.1) is 0 Å². The van der Waals surface area contributed by atoms with Gasteiger partial charge in [0.1, 0.15) is 5.75 Å². The Morgan fingerprint density at radius 3 is 2.80 bits per heavy atom. The molecule has 0 radical (unpaired) electrons. The molecule has 15 heavy (non-hydrogen) atoms. The van der Waals surface area contributed by atoms with Crippen LogP contribution in [-0.4, -0.2) is 31.2 Å². The Labute approximate surface area is 96.8 Å². The lowest BCUT2D eigenvalue weighted by atomic mass is 10.2. The molecule has 0 aliphatic carbocycles. The van der Waals surface area contributed by atoms with Crippen molar-refractivity contribution in [2.45, 2.75) is 0 Å². The minimum atomic E-state index is -0.187. The van der Waals surface area contributed by atoms with Crippen LogP contribution in [0, 0.1) is 0 Å². The number of phenols is 1. The van der Waals surface area contributed by atoms with Gasteiger partial charge in [-0.1, -0.05) is 0 Å². The SMILES string of the molecule is CNCCNC(=O)c1ccc(Br)c(O)c1. The first-order chi connectivity index (χ1) is 7.15. The largest absolute Gasteiger partial charge is 0.507 e. The van der Waals surface area contributed by atoms with Gasteiger partial charge in [0, 0.05) is 18.7 Å². The van der Waals surface area contributed by atoms with Gasteiger partial charge >= 0.3 is 0 Å². The van der Waals surface area contributed by atoms with Crippen LogP contribution in [0.3, 0.4) is 0 Å². The van der Waals surface area contributed by atoms with Crippen molar-refractivity contribution in [2.24, 2.45) is 0 Å². The van der Waals surface area contributed by atoms with Gasteiger partial charge in [-0.3, -0.25) is 4.79 Å². The highest BCUT2D eigenvalue weighted by molar-refractivity contribution is 9.10. The molecule has 82 valence electrons. The second-order valence-corrected chi connectivity index (χ2v) is 3.88. The highest BCUT2D eigenvalue weighted by Crippen LogP contribution is 2.24. The molecule has 1 aromatic rings. The van der Waals surface area contributed by atoms with E-state index in [1.807, 2.05) is 7.05 Å². The van der Waals surface area contributed by atoms with Crippen LogP contribution in [0.5, 0.6) is 5.75 Å². The van der Waals surface area contributed by atoms with Gasteiger partial charge in [0.15, 0.2) is 0 Å². The first kappa shape index (κ1) is 12.0. The van der Waals surface area contributed by atoms with Crippen LogP contribution >= 0.6 is 15.9 Å². The summed E-state index contributed by atoms with van der Waals surface area (Å²) in [6.45, 7) is 1.28. The Morgan fingerprint density at radius 2 is 2.20 bits per heavy atom. The zero-order chi connectivity index (χ0) is 11.3. The fourth-order valence-corrected chi connectivity index (χ4v) is 1.30. The highest BCUT2D eigenvalue weighted by atomic mass is 79.9. The molecule has 0 heterocycles. The van der Waals surface area contributed by atoms with Crippen LogP contribution in [-0.2, 0) is 0 Å². The number of aromatic hydroxyl groups is 1. The molecule has 4 nitrogen and oxygen atoms in total. The van der Waals surface area contributed by atoms with Crippen molar-refractivity contribution in [1.29, 1.82) is 0 Å². The van der Waals surface area contributed by atoms with Crippen molar-refractivity contribution in [1.82, 2.24) is 10.6 Å². The summed E-state index contributed by atoms with van der Waals surface area (Å²) >= 11 is 3.15. The second-order valence-electron chi connectivity index (χ2n) is 3.03. The van der Waals surface area contributed by atoms with E-state index in [4.69, 9.17) is 0 Å². The van der Waals surface area contributed by atoms with Crippen LogP contribution in [0.1, 0.15) is 10.4 Å². The average molecular weight is 273 g/mol. The van der Waals surface area contributed by atoms with E-state index < -0.39 is 0 Å². The normalized spacial score (nSPS) is 10.0. The van der Waals surface area contributed by atoms with Crippen molar-refractivity contribution in [3.05, 3.63) is 28.2 Å². The van der Waals surface area contributed by atoms with Gasteiger partial charge < -0.3 is 15.7 Å². The smallest absolute Gasteiger partial charge is 0.251 e. The molecule has 1 rings (SSSR count). The van der Waals surface area contributed by atoms with Crippen LogP contribution in [0.15, 0.2) is 22.7 Å². The predicted octanol–water partition coefficient (Wildman–Crippen LogP) is 1.10. The van der Waals surface area contributed by atoms with Crippen LogP contribution in [0.25, 0.3) is 0 Å². The Kier molecular flexibility index (Phi) is 4.58. The number of nitrogens with one attached hydrogen (secondary N) is 2. The molecule has 0 bridgehead atoms. The minimum Gasteiger partial charge on any atom is -0.507 e. The Balaban J connectivity index is 2.62. The maximum atomic E-state index is 11.5. The van der Waals surface area contributed by atoms with E-state index in [9.17, 15) is 9.90 Å². The lowest BCUT2D eigenvalue weighted by Gasteiger charge is -2.05. The molecular weight excluding hydrogens is 260 g/mol. The second kappa shape index (κ2) is 5.72. The summed E-state index contributed by atoms with van der Waals surface area (Å²) in [5, 5.41) is 15.0. The number of carbonyl (C=O) groups excluding carboxylic acids is 1. The molecule has 0 fully saturated rings. The fraction of sp³-hybridized carbons (Fsp3) is 0.300. The van der Waals surface area contributed by atoms with Gasteiger partial charge in [0.2, 0.25) is 0 Å². The van der Waals surface area contributed by atoms with E-state index in [0.29, 0.717) is 23.1 Å². The molecular formula is C10H13BrN2O2.